The molecule has 0 bridgehead atoms. The summed E-state index contributed by atoms with van der Waals surface area (Å²) in [5.74, 6) is -0.506. The number of nitrogens with zero attached hydrogens (tertiary/aromatic N) is 1. The average Bonchev–Trinajstić information content (AvgIpc) is 2.81. The highest BCUT2D eigenvalue weighted by atomic mass is 79.9. The van der Waals surface area contributed by atoms with Crippen molar-refractivity contribution >= 4 is 50.5 Å². The summed E-state index contributed by atoms with van der Waals surface area (Å²) in [5.41, 5.74) is 1.52. The van der Waals surface area contributed by atoms with Gasteiger partial charge in [-0.3, -0.25) is 4.79 Å². The first kappa shape index (κ1) is 15.0. The van der Waals surface area contributed by atoms with E-state index in [1.54, 1.807) is 18.2 Å². The number of hydrogen-bond acceptors (Lipinski definition) is 3. The zero-order chi connectivity index (χ0) is 15.5. The Hall–Kier alpha value is -1.92. The minimum absolute atomic E-state index is 0.189. The summed E-state index contributed by atoms with van der Waals surface area (Å²) >= 11 is 4.66. The predicted octanol–water partition coefficient (Wildman–Crippen LogP) is 4.48. The van der Waals surface area contributed by atoms with Crippen molar-refractivity contribution in [1.29, 1.82) is 0 Å². The number of aliphatic imine (C=N–C) groups is 1. The number of halogens is 2. The number of amides is 1. The second kappa shape index (κ2) is 6.46. The second-order valence-electron chi connectivity index (χ2n) is 4.51. The van der Waals surface area contributed by atoms with Gasteiger partial charge in [-0.2, -0.15) is 0 Å². The topological polar surface area (TPSA) is 41.5 Å². The van der Waals surface area contributed by atoms with Crippen LogP contribution in [-0.2, 0) is 4.79 Å². The van der Waals surface area contributed by atoms with Crippen LogP contribution in [0.2, 0.25) is 0 Å². The van der Waals surface area contributed by atoms with Gasteiger partial charge in [-0.25, -0.2) is 9.38 Å². The molecule has 0 aromatic heterocycles. The molecule has 1 heterocycles. The summed E-state index contributed by atoms with van der Waals surface area (Å²) in [6.07, 6.45) is 1.80. The normalized spacial score (nSPS) is 18.0. The maximum Gasteiger partial charge on any atom is 0.264 e. The minimum Gasteiger partial charge on any atom is -0.300 e. The standard InChI is InChI=1S/C16H10BrFN2OS/c17-11-3-1-2-10(8-11)9-14-15(21)20-16(22-14)19-13-6-4-12(18)5-7-13/h1-9H,(H,19,20,21)/b14-9+. The second-order valence-corrected chi connectivity index (χ2v) is 6.46. The number of carbonyl (C=O) groups excluding carboxylic acids is 1. The molecule has 110 valence electrons. The number of rotatable bonds is 2. The SMILES string of the molecule is O=C1NC(=Nc2ccc(F)cc2)S/C1=C/c1cccc(Br)c1. The lowest BCUT2D eigenvalue weighted by atomic mass is 10.2. The average molecular weight is 377 g/mol. The van der Waals surface area contributed by atoms with E-state index in [0.29, 0.717) is 15.8 Å². The van der Waals surface area contributed by atoms with Crippen LogP contribution < -0.4 is 5.32 Å². The molecule has 0 saturated carbocycles. The number of hydrogen-bond donors (Lipinski definition) is 1. The molecule has 1 N–H and O–H groups in total. The monoisotopic (exact) mass is 376 g/mol. The molecule has 6 heteroatoms. The molecule has 0 atom stereocenters. The number of carbonyl (C=O) groups is 1. The van der Waals surface area contributed by atoms with Crippen LogP contribution in [-0.4, -0.2) is 11.1 Å². The molecule has 1 saturated heterocycles. The molecule has 2 aromatic rings. The van der Waals surface area contributed by atoms with Gasteiger partial charge in [-0.05, 0) is 59.8 Å². The lowest BCUT2D eigenvalue weighted by Gasteiger charge is -1.96. The predicted molar refractivity (Wildman–Crippen MR) is 91.3 cm³/mol. The van der Waals surface area contributed by atoms with E-state index in [4.69, 9.17) is 0 Å². The zero-order valence-corrected chi connectivity index (χ0v) is 13.6. The summed E-state index contributed by atoms with van der Waals surface area (Å²) in [6, 6.07) is 13.5. The minimum atomic E-state index is -0.317. The van der Waals surface area contributed by atoms with E-state index in [2.05, 4.69) is 26.2 Å². The van der Waals surface area contributed by atoms with Crippen molar-refractivity contribution in [3.63, 3.8) is 0 Å². The van der Waals surface area contributed by atoms with Crippen molar-refractivity contribution in [1.82, 2.24) is 5.32 Å². The Labute approximate surface area is 139 Å². The van der Waals surface area contributed by atoms with E-state index in [9.17, 15) is 9.18 Å². The van der Waals surface area contributed by atoms with Gasteiger partial charge in [0.1, 0.15) is 5.82 Å². The van der Waals surface area contributed by atoms with Crippen molar-refractivity contribution < 1.29 is 9.18 Å². The maximum absolute atomic E-state index is 12.9. The smallest absolute Gasteiger partial charge is 0.264 e. The van der Waals surface area contributed by atoms with Gasteiger partial charge in [0.15, 0.2) is 5.17 Å². The summed E-state index contributed by atoms with van der Waals surface area (Å²) in [6.45, 7) is 0. The molecular weight excluding hydrogens is 367 g/mol. The first-order valence-electron chi connectivity index (χ1n) is 6.41. The van der Waals surface area contributed by atoms with Crippen LogP contribution in [0.4, 0.5) is 10.1 Å². The van der Waals surface area contributed by atoms with Gasteiger partial charge in [-0.1, -0.05) is 28.1 Å². The Morgan fingerprint density at radius 1 is 1.18 bits per heavy atom. The van der Waals surface area contributed by atoms with Crippen molar-refractivity contribution in [3.8, 4) is 0 Å². The molecule has 1 aliphatic rings. The lowest BCUT2D eigenvalue weighted by molar-refractivity contribution is -0.115. The number of nitrogens with one attached hydrogen (secondary N) is 1. The third-order valence-electron chi connectivity index (χ3n) is 2.85. The third-order valence-corrected chi connectivity index (χ3v) is 4.26. The van der Waals surface area contributed by atoms with Gasteiger partial charge in [-0.15, -0.1) is 0 Å². The molecule has 3 rings (SSSR count). The largest absolute Gasteiger partial charge is 0.300 e. The highest BCUT2D eigenvalue weighted by Crippen LogP contribution is 2.28. The molecule has 0 radical (unpaired) electrons. The molecule has 1 aliphatic heterocycles. The van der Waals surface area contributed by atoms with Crippen LogP contribution in [0.25, 0.3) is 6.08 Å². The molecule has 0 spiro atoms. The first-order valence-corrected chi connectivity index (χ1v) is 8.02. The van der Waals surface area contributed by atoms with Gasteiger partial charge in [0.25, 0.3) is 5.91 Å². The van der Waals surface area contributed by atoms with Gasteiger partial charge in [0.2, 0.25) is 0 Å². The van der Waals surface area contributed by atoms with E-state index < -0.39 is 0 Å². The molecule has 0 aliphatic carbocycles. The number of amidine groups is 1. The fraction of sp³-hybridized carbons (Fsp3) is 0. The zero-order valence-electron chi connectivity index (χ0n) is 11.2. The molecule has 2 aromatic carbocycles. The fourth-order valence-corrected chi connectivity index (χ4v) is 3.12. The van der Waals surface area contributed by atoms with E-state index in [-0.39, 0.29) is 11.7 Å². The molecule has 1 amide bonds. The maximum atomic E-state index is 12.9. The van der Waals surface area contributed by atoms with Crippen molar-refractivity contribution in [3.05, 3.63) is 69.3 Å². The van der Waals surface area contributed by atoms with E-state index in [1.165, 1.54) is 23.9 Å². The van der Waals surface area contributed by atoms with Gasteiger partial charge < -0.3 is 5.32 Å². The van der Waals surface area contributed by atoms with Crippen LogP contribution in [0.15, 0.2) is 62.9 Å². The van der Waals surface area contributed by atoms with E-state index in [0.717, 1.165) is 10.0 Å². The van der Waals surface area contributed by atoms with Crippen LogP contribution >= 0.6 is 27.7 Å². The fourth-order valence-electron chi connectivity index (χ4n) is 1.86. The van der Waals surface area contributed by atoms with Gasteiger partial charge in [0.05, 0.1) is 10.6 Å². The summed E-state index contributed by atoms with van der Waals surface area (Å²) < 4.78 is 13.8. The van der Waals surface area contributed by atoms with Crippen molar-refractivity contribution in [2.24, 2.45) is 4.99 Å². The Bertz CT molecular complexity index is 787. The van der Waals surface area contributed by atoms with Gasteiger partial charge in [0, 0.05) is 4.47 Å². The van der Waals surface area contributed by atoms with E-state index >= 15 is 0 Å². The Balaban J connectivity index is 1.82. The Morgan fingerprint density at radius 3 is 2.68 bits per heavy atom. The van der Waals surface area contributed by atoms with Crippen LogP contribution in [0.5, 0.6) is 0 Å². The van der Waals surface area contributed by atoms with Gasteiger partial charge >= 0.3 is 0 Å². The molecule has 22 heavy (non-hydrogen) atoms. The lowest BCUT2D eigenvalue weighted by Crippen LogP contribution is -2.19. The van der Waals surface area contributed by atoms with Crippen LogP contribution in [0, 0.1) is 5.82 Å². The third kappa shape index (κ3) is 3.64. The Morgan fingerprint density at radius 2 is 1.95 bits per heavy atom. The molecule has 0 unspecified atom stereocenters. The van der Waals surface area contributed by atoms with Crippen molar-refractivity contribution in [2.45, 2.75) is 0 Å². The Kier molecular flexibility index (Phi) is 4.40. The summed E-state index contributed by atoms with van der Waals surface area (Å²) in [5, 5.41) is 3.19. The molecule has 3 nitrogen and oxygen atoms in total. The summed E-state index contributed by atoms with van der Waals surface area (Å²) in [7, 11) is 0. The summed E-state index contributed by atoms with van der Waals surface area (Å²) in [4.78, 5) is 16.8. The highest BCUT2D eigenvalue weighted by molar-refractivity contribution is 9.10. The van der Waals surface area contributed by atoms with Crippen molar-refractivity contribution in [2.75, 3.05) is 0 Å². The molecule has 1 fully saturated rings. The number of thioether (sulfide) groups is 1. The first-order chi connectivity index (χ1) is 10.6. The molecular formula is C16H10BrFN2OS. The van der Waals surface area contributed by atoms with Crippen LogP contribution in [0.3, 0.4) is 0 Å². The van der Waals surface area contributed by atoms with Crippen LogP contribution in [0.1, 0.15) is 5.56 Å². The number of benzene rings is 2. The highest BCUT2D eigenvalue weighted by Gasteiger charge is 2.23. The van der Waals surface area contributed by atoms with E-state index in [1.807, 2.05) is 24.3 Å². The quantitative estimate of drug-likeness (QED) is 0.785.